The summed E-state index contributed by atoms with van der Waals surface area (Å²) < 4.78 is 0. The van der Waals surface area contributed by atoms with Crippen LogP contribution in [0.5, 0.6) is 0 Å². The van der Waals surface area contributed by atoms with Crippen LogP contribution in [-0.4, -0.2) is 34.0 Å². The Kier molecular flexibility index (Phi) is 4.30. The van der Waals surface area contributed by atoms with Crippen molar-refractivity contribution in [3.05, 3.63) is 0 Å². The van der Waals surface area contributed by atoms with Gasteiger partial charge in [0.15, 0.2) is 0 Å². The van der Waals surface area contributed by atoms with Crippen molar-refractivity contribution in [1.29, 1.82) is 0 Å². The Morgan fingerprint density at radius 1 is 1.23 bits per heavy atom. The fourth-order valence-corrected chi connectivity index (χ4v) is 2.50. The number of halogens is 2. The summed E-state index contributed by atoms with van der Waals surface area (Å²) in [6.45, 7) is 4.08. The van der Waals surface area contributed by atoms with Crippen molar-refractivity contribution in [3.63, 3.8) is 0 Å². The Labute approximate surface area is 89.6 Å². The molecule has 1 aliphatic rings. The fraction of sp³-hybridized carbons (Fsp3) is 1.00. The van der Waals surface area contributed by atoms with Crippen LogP contribution in [-0.2, 0) is 0 Å². The highest BCUT2D eigenvalue weighted by Gasteiger charge is 2.35. The molecule has 0 aromatic heterocycles. The lowest BCUT2D eigenvalue weighted by atomic mass is 9.92. The normalized spacial score (nSPS) is 41.1. The molecular weight excluding hydrogens is 209 g/mol. The van der Waals surface area contributed by atoms with Crippen molar-refractivity contribution in [2.75, 3.05) is 0 Å². The molecule has 1 fully saturated rings. The summed E-state index contributed by atoms with van der Waals surface area (Å²) in [5, 5.41) is 13.5. The van der Waals surface area contributed by atoms with E-state index < -0.39 is 6.10 Å². The van der Waals surface area contributed by atoms with E-state index in [4.69, 9.17) is 23.2 Å². The number of alkyl halides is 2. The van der Waals surface area contributed by atoms with E-state index in [-0.39, 0.29) is 16.8 Å². The van der Waals surface area contributed by atoms with Crippen LogP contribution in [0, 0.1) is 0 Å². The van der Waals surface area contributed by atoms with Crippen LogP contribution >= 0.6 is 23.2 Å². The average molecular weight is 225 g/mol. The van der Waals surface area contributed by atoms with Gasteiger partial charge in [-0.3, -0.25) is 0 Å². The Balaban J connectivity index is 2.44. The fourth-order valence-electron chi connectivity index (χ4n) is 1.66. The number of hydrogen-bond donors (Lipinski definition) is 1. The van der Waals surface area contributed by atoms with E-state index in [0.717, 1.165) is 12.8 Å². The van der Waals surface area contributed by atoms with Crippen LogP contribution < -0.4 is 5.32 Å². The molecule has 1 saturated carbocycles. The molecule has 0 spiro atoms. The summed E-state index contributed by atoms with van der Waals surface area (Å²) in [6, 6.07) is 0.529. The molecule has 0 aliphatic heterocycles. The third-order valence-corrected chi connectivity index (χ3v) is 3.12. The number of hydrogen-bond acceptors (Lipinski definition) is 1. The molecule has 13 heavy (non-hydrogen) atoms. The van der Waals surface area contributed by atoms with Crippen LogP contribution in [0.4, 0.5) is 0 Å². The number of nitrogens with zero attached hydrogens (tertiary/aromatic N) is 1. The van der Waals surface area contributed by atoms with Gasteiger partial charge in [0, 0.05) is 12.1 Å². The Bertz CT molecular complexity index is 154. The van der Waals surface area contributed by atoms with E-state index in [1.54, 1.807) is 0 Å². The van der Waals surface area contributed by atoms with Gasteiger partial charge in [-0.1, -0.05) is 0 Å². The minimum Gasteiger partial charge on any atom is -0.390 e. The van der Waals surface area contributed by atoms with Gasteiger partial charge in [0.25, 0.3) is 0 Å². The first kappa shape index (κ1) is 11.6. The van der Waals surface area contributed by atoms with Crippen LogP contribution in [0.25, 0.3) is 0 Å². The first-order valence-corrected chi connectivity index (χ1v) is 5.54. The summed E-state index contributed by atoms with van der Waals surface area (Å²) in [5.41, 5.74) is 0. The van der Waals surface area contributed by atoms with Crippen molar-refractivity contribution in [3.8, 4) is 0 Å². The third-order valence-electron chi connectivity index (χ3n) is 2.24. The highest BCUT2D eigenvalue weighted by Crippen LogP contribution is 2.28. The predicted octanol–water partition coefficient (Wildman–Crippen LogP) is 1.74. The van der Waals surface area contributed by atoms with E-state index in [2.05, 4.69) is 5.32 Å². The minimum atomic E-state index is -0.582. The van der Waals surface area contributed by atoms with Gasteiger partial charge in [0.1, 0.15) is 0 Å². The van der Waals surface area contributed by atoms with Crippen molar-refractivity contribution in [1.82, 2.24) is 5.32 Å². The molecular formula is C9H16Cl2NO. The van der Waals surface area contributed by atoms with Gasteiger partial charge in [-0.05, 0) is 26.7 Å². The van der Waals surface area contributed by atoms with Gasteiger partial charge < -0.3 is 5.11 Å². The standard InChI is InChI=1S/C9H16Cl2NO/c1-5(2)12-6-3-7(10)9(13)8(11)4-6/h5-9,13H,3-4H2,1-2H3/t6?,7-,8-,9?/m0/s1. The Hall–Kier alpha value is 0.500. The van der Waals surface area contributed by atoms with E-state index in [1.807, 2.05) is 13.8 Å². The van der Waals surface area contributed by atoms with Crippen LogP contribution in [0.3, 0.4) is 0 Å². The largest absolute Gasteiger partial charge is 0.390 e. The molecule has 0 unspecified atom stereocenters. The smallest absolute Gasteiger partial charge is 0.0868 e. The van der Waals surface area contributed by atoms with Gasteiger partial charge >= 0.3 is 0 Å². The second-order valence-corrected chi connectivity index (χ2v) is 5.01. The molecule has 2 nitrogen and oxygen atoms in total. The molecule has 1 radical (unpaired) electrons. The maximum absolute atomic E-state index is 9.49. The molecule has 4 heteroatoms. The Morgan fingerprint density at radius 2 is 1.69 bits per heavy atom. The number of aliphatic hydroxyl groups excluding tert-OH is 1. The third kappa shape index (κ3) is 3.28. The van der Waals surface area contributed by atoms with Crippen LogP contribution in [0.1, 0.15) is 26.7 Å². The molecule has 0 amide bonds. The zero-order valence-corrected chi connectivity index (χ0v) is 9.46. The summed E-state index contributed by atoms with van der Waals surface area (Å²) >= 11 is 11.9. The van der Waals surface area contributed by atoms with Crippen molar-refractivity contribution in [2.45, 2.75) is 55.6 Å². The van der Waals surface area contributed by atoms with E-state index in [0.29, 0.717) is 6.04 Å². The second-order valence-electron chi connectivity index (χ2n) is 3.89. The Morgan fingerprint density at radius 3 is 2.08 bits per heavy atom. The molecule has 1 aliphatic carbocycles. The molecule has 0 saturated heterocycles. The summed E-state index contributed by atoms with van der Waals surface area (Å²) in [7, 11) is 0. The topological polar surface area (TPSA) is 34.3 Å². The maximum Gasteiger partial charge on any atom is 0.0868 e. The van der Waals surface area contributed by atoms with Crippen LogP contribution in [0.15, 0.2) is 0 Å². The lowest BCUT2D eigenvalue weighted by Gasteiger charge is -2.33. The molecule has 0 aromatic carbocycles. The molecule has 0 aromatic rings. The van der Waals surface area contributed by atoms with Gasteiger partial charge in [-0.15, -0.1) is 23.2 Å². The second kappa shape index (κ2) is 4.83. The van der Waals surface area contributed by atoms with E-state index in [1.165, 1.54) is 0 Å². The highest BCUT2D eigenvalue weighted by molar-refractivity contribution is 6.24. The number of aliphatic hydroxyl groups is 1. The first-order valence-electron chi connectivity index (χ1n) is 4.67. The minimum absolute atomic E-state index is 0.216. The molecule has 2 atom stereocenters. The molecule has 1 rings (SSSR count). The molecule has 0 bridgehead atoms. The molecule has 0 heterocycles. The highest BCUT2D eigenvalue weighted by atomic mass is 35.5. The lowest BCUT2D eigenvalue weighted by Crippen LogP contribution is -2.45. The summed E-state index contributed by atoms with van der Waals surface area (Å²) in [6.07, 6.45) is 0.899. The monoisotopic (exact) mass is 224 g/mol. The summed E-state index contributed by atoms with van der Waals surface area (Å²) in [4.78, 5) is 0. The maximum atomic E-state index is 9.49. The van der Waals surface area contributed by atoms with Crippen molar-refractivity contribution in [2.24, 2.45) is 0 Å². The van der Waals surface area contributed by atoms with E-state index in [9.17, 15) is 5.11 Å². The predicted molar refractivity (Wildman–Crippen MR) is 55.6 cm³/mol. The van der Waals surface area contributed by atoms with Crippen molar-refractivity contribution >= 4 is 23.2 Å². The molecule has 1 N–H and O–H groups in total. The van der Waals surface area contributed by atoms with Gasteiger partial charge in [-0.25, -0.2) is 5.32 Å². The SMILES string of the molecule is CC(C)[N]C1C[C@H](Cl)C(O)[C@@H](Cl)C1. The lowest BCUT2D eigenvalue weighted by molar-refractivity contribution is 0.123. The first-order chi connectivity index (χ1) is 6.00. The molecule has 77 valence electrons. The van der Waals surface area contributed by atoms with Gasteiger partial charge in [0.05, 0.1) is 16.9 Å². The number of rotatable bonds is 2. The zero-order chi connectivity index (χ0) is 10.0. The van der Waals surface area contributed by atoms with Gasteiger partial charge in [-0.2, -0.15) is 0 Å². The average Bonchev–Trinajstić information content (AvgIpc) is 1.98. The van der Waals surface area contributed by atoms with Crippen molar-refractivity contribution < 1.29 is 5.11 Å². The summed E-state index contributed by atoms with van der Waals surface area (Å²) in [5.74, 6) is 0. The quantitative estimate of drug-likeness (QED) is 0.713. The van der Waals surface area contributed by atoms with Gasteiger partial charge in [0.2, 0.25) is 0 Å². The van der Waals surface area contributed by atoms with E-state index >= 15 is 0 Å². The van der Waals surface area contributed by atoms with Crippen LogP contribution in [0.2, 0.25) is 0 Å². The zero-order valence-electron chi connectivity index (χ0n) is 7.95.